The Hall–Kier alpha value is -1.75. The Labute approximate surface area is 119 Å². The summed E-state index contributed by atoms with van der Waals surface area (Å²) >= 11 is 0. The highest BCUT2D eigenvalue weighted by Crippen LogP contribution is 2.25. The van der Waals surface area contributed by atoms with Gasteiger partial charge < -0.3 is 20.9 Å². The molecule has 1 aliphatic carbocycles. The fraction of sp³-hybridized carbons (Fsp3) is 0.533. The average Bonchev–Trinajstić information content (AvgIpc) is 2.81. The van der Waals surface area contributed by atoms with Crippen LogP contribution in [0.1, 0.15) is 36.5 Å². The molecule has 0 aromatic heterocycles. The van der Waals surface area contributed by atoms with E-state index in [4.69, 9.17) is 10.5 Å². The summed E-state index contributed by atoms with van der Waals surface area (Å²) in [5, 5.41) is 12.6. The second kappa shape index (κ2) is 6.61. The molecule has 0 spiro atoms. The van der Waals surface area contributed by atoms with Crippen LogP contribution >= 0.6 is 0 Å². The zero-order valence-electron chi connectivity index (χ0n) is 11.8. The number of aliphatic hydroxyl groups is 1. The van der Waals surface area contributed by atoms with Crippen LogP contribution in [-0.2, 0) is 0 Å². The number of anilines is 1. The summed E-state index contributed by atoms with van der Waals surface area (Å²) in [5.41, 5.74) is 6.76. The number of nitrogens with two attached hydrogens (primary N) is 1. The molecule has 0 bridgehead atoms. The van der Waals surface area contributed by atoms with E-state index in [1.165, 1.54) is 0 Å². The van der Waals surface area contributed by atoms with Gasteiger partial charge in [0.2, 0.25) is 0 Å². The summed E-state index contributed by atoms with van der Waals surface area (Å²) in [6.07, 6.45) is 2.51. The number of nitrogens with one attached hydrogen (secondary N) is 1. The SMILES string of the molecule is CCOc1cc(N)cc(C(=O)NCC2CCCC2O)c1. The largest absolute Gasteiger partial charge is 0.494 e. The first kappa shape index (κ1) is 14.7. The molecule has 1 amide bonds. The molecule has 1 fully saturated rings. The summed E-state index contributed by atoms with van der Waals surface area (Å²) in [4.78, 5) is 12.1. The number of ether oxygens (including phenoxy) is 1. The zero-order chi connectivity index (χ0) is 14.5. The van der Waals surface area contributed by atoms with Gasteiger partial charge in [-0.05, 0) is 31.9 Å². The smallest absolute Gasteiger partial charge is 0.251 e. The van der Waals surface area contributed by atoms with Gasteiger partial charge in [-0.1, -0.05) is 6.42 Å². The predicted octanol–water partition coefficient (Wildman–Crippen LogP) is 1.56. The maximum Gasteiger partial charge on any atom is 0.251 e. The van der Waals surface area contributed by atoms with Crippen LogP contribution in [0.15, 0.2) is 18.2 Å². The third kappa shape index (κ3) is 3.63. The van der Waals surface area contributed by atoms with Crippen molar-refractivity contribution in [3.63, 3.8) is 0 Å². The molecule has 1 aromatic carbocycles. The third-order valence-corrected chi connectivity index (χ3v) is 3.65. The first-order valence-electron chi connectivity index (χ1n) is 7.09. The minimum atomic E-state index is -0.296. The van der Waals surface area contributed by atoms with Crippen molar-refractivity contribution < 1.29 is 14.6 Å². The number of rotatable bonds is 5. The van der Waals surface area contributed by atoms with Gasteiger partial charge in [-0.2, -0.15) is 0 Å². The van der Waals surface area contributed by atoms with Gasteiger partial charge >= 0.3 is 0 Å². The second-order valence-corrected chi connectivity index (χ2v) is 5.19. The van der Waals surface area contributed by atoms with Gasteiger partial charge in [-0.15, -0.1) is 0 Å². The van der Waals surface area contributed by atoms with Crippen LogP contribution in [-0.4, -0.2) is 30.3 Å². The van der Waals surface area contributed by atoms with Crippen molar-refractivity contribution in [1.82, 2.24) is 5.32 Å². The number of aliphatic hydroxyl groups excluding tert-OH is 1. The second-order valence-electron chi connectivity index (χ2n) is 5.19. The summed E-state index contributed by atoms with van der Waals surface area (Å²) in [6, 6.07) is 5.00. The fourth-order valence-corrected chi connectivity index (χ4v) is 2.58. The molecular weight excluding hydrogens is 256 g/mol. The summed E-state index contributed by atoms with van der Waals surface area (Å²) in [5.74, 6) is 0.572. The van der Waals surface area contributed by atoms with E-state index in [9.17, 15) is 9.90 Å². The average molecular weight is 278 g/mol. The van der Waals surface area contributed by atoms with Crippen molar-refractivity contribution in [2.75, 3.05) is 18.9 Å². The van der Waals surface area contributed by atoms with E-state index in [1.807, 2.05) is 6.92 Å². The van der Waals surface area contributed by atoms with Gasteiger partial charge in [0.1, 0.15) is 5.75 Å². The Morgan fingerprint density at radius 3 is 2.90 bits per heavy atom. The molecule has 5 nitrogen and oxygen atoms in total. The van der Waals surface area contributed by atoms with Crippen molar-refractivity contribution in [2.24, 2.45) is 5.92 Å². The standard InChI is InChI=1S/C15H22N2O3/c1-2-20-13-7-11(6-12(16)8-13)15(19)17-9-10-4-3-5-14(10)18/h6-8,10,14,18H,2-5,9,16H2,1H3,(H,17,19). The number of hydrogen-bond acceptors (Lipinski definition) is 4. The lowest BCUT2D eigenvalue weighted by molar-refractivity contribution is 0.0916. The van der Waals surface area contributed by atoms with Gasteiger partial charge in [-0.3, -0.25) is 4.79 Å². The van der Waals surface area contributed by atoms with Crippen molar-refractivity contribution in [3.8, 4) is 5.75 Å². The summed E-state index contributed by atoms with van der Waals surface area (Å²) in [6.45, 7) is 2.90. The molecule has 2 atom stereocenters. The molecule has 1 aliphatic rings. The lowest BCUT2D eigenvalue weighted by atomic mass is 10.1. The Balaban J connectivity index is 1.97. The first-order valence-corrected chi connectivity index (χ1v) is 7.09. The van der Waals surface area contributed by atoms with E-state index in [0.717, 1.165) is 19.3 Å². The molecule has 1 saturated carbocycles. The van der Waals surface area contributed by atoms with E-state index in [-0.39, 0.29) is 17.9 Å². The van der Waals surface area contributed by atoms with Gasteiger partial charge in [0.15, 0.2) is 0 Å². The Morgan fingerprint density at radius 2 is 2.25 bits per heavy atom. The topological polar surface area (TPSA) is 84.6 Å². The van der Waals surface area contributed by atoms with Gasteiger partial charge in [0, 0.05) is 29.8 Å². The molecule has 110 valence electrons. The lowest BCUT2D eigenvalue weighted by Crippen LogP contribution is -2.32. The van der Waals surface area contributed by atoms with E-state index >= 15 is 0 Å². The molecule has 2 unspecified atom stereocenters. The van der Waals surface area contributed by atoms with Crippen molar-refractivity contribution >= 4 is 11.6 Å². The van der Waals surface area contributed by atoms with Crippen LogP contribution in [0.5, 0.6) is 5.75 Å². The zero-order valence-corrected chi connectivity index (χ0v) is 11.8. The minimum Gasteiger partial charge on any atom is -0.494 e. The maximum absolute atomic E-state index is 12.1. The highest BCUT2D eigenvalue weighted by atomic mass is 16.5. The number of nitrogen functional groups attached to an aromatic ring is 1. The van der Waals surface area contributed by atoms with Gasteiger partial charge in [0.25, 0.3) is 5.91 Å². The highest BCUT2D eigenvalue weighted by Gasteiger charge is 2.25. The first-order chi connectivity index (χ1) is 9.60. The van der Waals surface area contributed by atoms with Crippen molar-refractivity contribution in [2.45, 2.75) is 32.3 Å². The molecule has 2 rings (SSSR count). The fourth-order valence-electron chi connectivity index (χ4n) is 2.58. The van der Waals surface area contributed by atoms with E-state index in [0.29, 0.717) is 30.2 Å². The molecule has 4 N–H and O–H groups in total. The number of amides is 1. The summed E-state index contributed by atoms with van der Waals surface area (Å²) in [7, 11) is 0. The molecule has 5 heteroatoms. The molecule has 0 aliphatic heterocycles. The molecule has 0 heterocycles. The molecule has 1 aromatic rings. The quantitative estimate of drug-likeness (QED) is 0.714. The third-order valence-electron chi connectivity index (χ3n) is 3.65. The van der Waals surface area contributed by atoms with Crippen LogP contribution in [0.4, 0.5) is 5.69 Å². The highest BCUT2D eigenvalue weighted by molar-refractivity contribution is 5.95. The number of benzene rings is 1. The van der Waals surface area contributed by atoms with Gasteiger partial charge in [-0.25, -0.2) is 0 Å². The molecule has 20 heavy (non-hydrogen) atoms. The van der Waals surface area contributed by atoms with Crippen LogP contribution in [0.2, 0.25) is 0 Å². The number of carbonyl (C=O) groups excluding carboxylic acids is 1. The maximum atomic E-state index is 12.1. The van der Waals surface area contributed by atoms with Crippen LogP contribution in [0.25, 0.3) is 0 Å². The van der Waals surface area contributed by atoms with E-state index in [1.54, 1.807) is 18.2 Å². The van der Waals surface area contributed by atoms with E-state index in [2.05, 4.69) is 5.32 Å². The molecule has 0 radical (unpaired) electrons. The van der Waals surface area contributed by atoms with Crippen LogP contribution in [0.3, 0.4) is 0 Å². The summed E-state index contributed by atoms with van der Waals surface area (Å²) < 4.78 is 5.37. The van der Waals surface area contributed by atoms with Crippen LogP contribution < -0.4 is 15.8 Å². The number of hydrogen-bond donors (Lipinski definition) is 3. The monoisotopic (exact) mass is 278 g/mol. The molecule has 0 saturated heterocycles. The lowest BCUT2D eigenvalue weighted by Gasteiger charge is -2.15. The molecular formula is C15H22N2O3. The number of carbonyl (C=O) groups is 1. The van der Waals surface area contributed by atoms with Crippen LogP contribution in [0, 0.1) is 5.92 Å². The van der Waals surface area contributed by atoms with Crippen molar-refractivity contribution in [3.05, 3.63) is 23.8 Å². The van der Waals surface area contributed by atoms with Gasteiger partial charge in [0.05, 0.1) is 12.7 Å². The minimum absolute atomic E-state index is 0.159. The van der Waals surface area contributed by atoms with Crippen molar-refractivity contribution in [1.29, 1.82) is 0 Å². The van der Waals surface area contributed by atoms with E-state index < -0.39 is 0 Å². The Bertz CT molecular complexity index is 476. The predicted molar refractivity (Wildman–Crippen MR) is 77.7 cm³/mol. The normalized spacial score (nSPS) is 21.7. The Kier molecular flexibility index (Phi) is 4.84. The Morgan fingerprint density at radius 1 is 1.45 bits per heavy atom.